The molecule has 0 saturated carbocycles. The number of hydrogen-bond donors (Lipinski definition) is 2. The molecule has 0 amide bonds. The van der Waals surface area contributed by atoms with E-state index in [2.05, 4.69) is 34.5 Å². The summed E-state index contributed by atoms with van der Waals surface area (Å²) in [5.74, 6) is 0. The predicted molar refractivity (Wildman–Crippen MR) is 75.9 cm³/mol. The zero-order valence-electron chi connectivity index (χ0n) is 11.6. The lowest BCUT2D eigenvalue weighted by Crippen LogP contribution is -2.23. The number of thiazole rings is 1. The average molecular weight is 280 g/mol. The molecule has 0 saturated heterocycles. The van der Waals surface area contributed by atoms with Crippen LogP contribution in [-0.4, -0.2) is 26.5 Å². The first-order chi connectivity index (χ1) is 9.10. The van der Waals surface area contributed by atoms with Crippen LogP contribution in [0, 0.1) is 13.8 Å². The molecule has 0 aliphatic heterocycles. The molecule has 2 aromatic rings. The lowest BCUT2D eigenvalue weighted by Gasteiger charge is -2.12. The molecule has 0 aliphatic carbocycles. The van der Waals surface area contributed by atoms with E-state index in [4.69, 9.17) is 5.73 Å². The molecule has 0 bridgehead atoms. The molecular weight excluding hydrogens is 260 g/mol. The van der Waals surface area contributed by atoms with E-state index in [1.807, 2.05) is 17.8 Å². The van der Waals surface area contributed by atoms with Crippen LogP contribution in [0.25, 0.3) is 0 Å². The highest BCUT2D eigenvalue weighted by molar-refractivity contribution is 7.11. The van der Waals surface area contributed by atoms with E-state index in [0.717, 1.165) is 29.5 Å². The summed E-state index contributed by atoms with van der Waals surface area (Å²) in [6.45, 7) is 8.31. The molecule has 0 radical (unpaired) electrons. The molecule has 0 aliphatic rings. The first kappa shape index (κ1) is 14.1. The molecule has 0 spiro atoms. The van der Waals surface area contributed by atoms with Crippen molar-refractivity contribution in [2.45, 2.75) is 39.9 Å². The van der Waals surface area contributed by atoms with Gasteiger partial charge in [0.2, 0.25) is 0 Å². The molecule has 2 aromatic heterocycles. The van der Waals surface area contributed by atoms with Gasteiger partial charge in [0.1, 0.15) is 0 Å². The Morgan fingerprint density at radius 3 is 2.84 bits per heavy atom. The molecule has 2 heterocycles. The zero-order chi connectivity index (χ0) is 13.8. The Morgan fingerprint density at radius 2 is 2.26 bits per heavy atom. The molecule has 6 nitrogen and oxygen atoms in total. The Morgan fingerprint density at radius 1 is 1.47 bits per heavy atom. The van der Waals surface area contributed by atoms with Crippen LogP contribution in [-0.2, 0) is 13.1 Å². The summed E-state index contributed by atoms with van der Waals surface area (Å²) >= 11 is 1.75. The SMILES string of the molecule is Cc1nc(C)c(C(C)NCCn2cc(CN)nn2)s1. The minimum atomic E-state index is 0.309. The van der Waals surface area contributed by atoms with Gasteiger partial charge in [-0.15, -0.1) is 16.4 Å². The van der Waals surface area contributed by atoms with E-state index in [1.54, 1.807) is 11.3 Å². The molecule has 0 fully saturated rings. The van der Waals surface area contributed by atoms with Crippen molar-refractivity contribution in [3.63, 3.8) is 0 Å². The van der Waals surface area contributed by atoms with Gasteiger partial charge in [-0.1, -0.05) is 5.21 Å². The van der Waals surface area contributed by atoms with E-state index in [1.165, 1.54) is 4.88 Å². The number of rotatable bonds is 6. The molecule has 1 atom stereocenters. The standard InChI is InChI=1S/C12H20N6S/c1-8(12-9(2)15-10(3)19-12)14-4-5-18-7-11(6-13)16-17-18/h7-8,14H,4-6,13H2,1-3H3. The normalized spacial score (nSPS) is 12.8. The Hall–Kier alpha value is -1.31. The molecular formula is C12H20N6S. The van der Waals surface area contributed by atoms with Crippen molar-refractivity contribution in [1.82, 2.24) is 25.3 Å². The summed E-state index contributed by atoms with van der Waals surface area (Å²) in [5.41, 5.74) is 7.44. The van der Waals surface area contributed by atoms with Crippen LogP contribution < -0.4 is 11.1 Å². The third-order valence-corrected chi connectivity index (χ3v) is 4.17. The second-order valence-electron chi connectivity index (χ2n) is 4.54. The topological polar surface area (TPSA) is 81.7 Å². The maximum atomic E-state index is 5.50. The van der Waals surface area contributed by atoms with Crippen LogP contribution >= 0.6 is 11.3 Å². The zero-order valence-corrected chi connectivity index (χ0v) is 12.4. The highest BCUT2D eigenvalue weighted by Crippen LogP contribution is 2.24. The summed E-state index contributed by atoms with van der Waals surface area (Å²) in [7, 11) is 0. The van der Waals surface area contributed by atoms with Crippen molar-refractivity contribution in [3.05, 3.63) is 27.5 Å². The molecule has 19 heavy (non-hydrogen) atoms. The third-order valence-electron chi connectivity index (χ3n) is 2.92. The Bertz CT molecular complexity index is 532. The Labute approximate surface area is 117 Å². The van der Waals surface area contributed by atoms with Crippen LogP contribution in [0.4, 0.5) is 0 Å². The van der Waals surface area contributed by atoms with E-state index >= 15 is 0 Å². The number of nitrogens with one attached hydrogen (secondary N) is 1. The molecule has 104 valence electrons. The van der Waals surface area contributed by atoms with Gasteiger partial charge in [0, 0.05) is 30.2 Å². The van der Waals surface area contributed by atoms with E-state index < -0.39 is 0 Å². The van der Waals surface area contributed by atoms with Crippen molar-refractivity contribution in [2.24, 2.45) is 5.73 Å². The second kappa shape index (κ2) is 6.23. The van der Waals surface area contributed by atoms with Gasteiger partial charge >= 0.3 is 0 Å². The predicted octanol–water partition coefficient (Wildman–Crippen LogP) is 1.16. The minimum absolute atomic E-state index is 0.309. The number of aryl methyl sites for hydroxylation is 2. The van der Waals surface area contributed by atoms with E-state index in [0.29, 0.717) is 12.6 Å². The number of nitrogens with zero attached hydrogens (tertiary/aromatic N) is 4. The van der Waals surface area contributed by atoms with E-state index in [-0.39, 0.29) is 0 Å². The number of hydrogen-bond acceptors (Lipinski definition) is 6. The fraction of sp³-hybridized carbons (Fsp3) is 0.583. The summed E-state index contributed by atoms with van der Waals surface area (Å²) < 4.78 is 1.81. The van der Waals surface area contributed by atoms with Gasteiger partial charge < -0.3 is 11.1 Å². The fourth-order valence-corrected chi connectivity index (χ4v) is 2.93. The monoisotopic (exact) mass is 280 g/mol. The van der Waals surface area contributed by atoms with Gasteiger partial charge in [0.25, 0.3) is 0 Å². The summed E-state index contributed by atoms with van der Waals surface area (Å²) in [4.78, 5) is 5.75. The summed E-state index contributed by atoms with van der Waals surface area (Å²) in [5, 5.41) is 12.6. The first-order valence-electron chi connectivity index (χ1n) is 6.36. The fourth-order valence-electron chi connectivity index (χ4n) is 1.98. The van der Waals surface area contributed by atoms with Gasteiger partial charge in [-0.25, -0.2) is 4.98 Å². The van der Waals surface area contributed by atoms with Crippen molar-refractivity contribution in [2.75, 3.05) is 6.54 Å². The summed E-state index contributed by atoms with van der Waals surface area (Å²) in [6.07, 6.45) is 1.88. The average Bonchev–Trinajstić information content (AvgIpc) is 2.95. The lowest BCUT2D eigenvalue weighted by molar-refractivity contribution is 0.501. The highest BCUT2D eigenvalue weighted by Gasteiger charge is 2.12. The van der Waals surface area contributed by atoms with Crippen LogP contribution in [0.15, 0.2) is 6.20 Å². The largest absolute Gasteiger partial charge is 0.325 e. The summed E-state index contributed by atoms with van der Waals surface area (Å²) in [6, 6.07) is 0.309. The highest BCUT2D eigenvalue weighted by atomic mass is 32.1. The Kier molecular flexibility index (Phi) is 4.62. The van der Waals surface area contributed by atoms with Crippen LogP contribution in [0.1, 0.15) is 34.2 Å². The van der Waals surface area contributed by atoms with Gasteiger partial charge in [0.05, 0.1) is 22.9 Å². The third kappa shape index (κ3) is 3.59. The Balaban J connectivity index is 1.83. The van der Waals surface area contributed by atoms with Crippen LogP contribution in [0.5, 0.6) is 0 Å². The quantitative estimate of drug-likeness (QED) is 0.830. The van der Waals surface area contributed by atoms with Crippen LogP contribution in [0.3, 0.4) is 0 Å². The number of aromatic nitrogens is 4. The van der Waals surface area contributed by atoms with Crippen molar-refractivity contribution in [3.8, 4) is 0 Å². The lowest BCUT2D eigenvalue weighted by atomic mass is 10.2. The maximum Gasteiger partial charge on any atom is 0.0962 e. The van der Waals surface area contributed by atoms with Gasteiger partial charge in [0.15, 0.2) is 0 Å². The van der Waals surface area contributed by atoms with Gasteiger partial charge in [-0.05, 0) is 20.8 Å². The molecule has 0 aromatic carbocycles. The molecule has 3 N–H and O–H groups in total. The molecule has 2 rings (SSSR count). The van der Waals surface area contributed by atoms with Crippen LogP contribution in [0.2, 0.25) is 0 Å². The molecule has 7 heteroatoms. The van der Waals surface area contributed by atoms with E-state index in [9.17, 15) is 0 Å². The van der Waals surface area contributed by atoms with Gasteiger partial charge in [-0.3, -0.25) is 4.68 Å². The number of nitrogens with two attached hydrogens (primary N) is 1. The molecule has 1 unspecified atom stereocenters. The van der Waals surface area contributed by atoms with Gasteiger partial charge in [-0.2, -0.15) is 0 Å². The van der Waals surface area contributed by atoms with Crippen molar-refractivity contribution in [1.29, 1.82) is 0 Å². The van der Waals surface area contributed by atoms with Crippen molar-refractivity contribution < 1.29 is 0 Å². The second-order valence-corrected chi connectivity index (χ2v) is 5.77. The minimum Gasteiger partial charge on any atom is -0.325 e. The first-order valence-corrected chi connectivity index (χ1v) is 7.18. The maximum absolute atomic E-state index is 5.50. The smallest absolute Gasteiger partial charge is 0.0962 e. The van der Waals surface area contributed by atoms with Crippen molar-refractivity contribution >= 4 is 11.3 Å².